The van der Waals surface area contributed by atoms with Crippen LogP contribution in [0, 0.1) is 0 Å². The molecule has 0 amide bonds. The van der Waals surface area contributed by atoms with E-state index < -0.39 is 0 Å². The van der Waals surface area contributed by atoms with Gasteiger partial charge in [-0.05, 0) is 48.9 Å². The first-order valence-corrected chi connectivity index (χ1v) is 8.08. The zero-order chi connectivity index (χ0) is 13.9. The van der Waals surface area contributed by atoms with Crippen LogP contribution in [0.3, 0.4) is 0 Å². The van der Waals surface area contributed by atoms with Crippen LogP contribution in [0.1, 0.15) is 42.9 Å². The highest BCUT2D eigenvalue weighted by molar-refractivity contribution is 9.10. The summed E-state index contributed by atoms with van der Waals surface area (Å²) >= 11 is 3.49. The summed E-state index contributed by atoms with van der Waals surface area (Å²) in [6.07, 6.45) is 2.50. The molecule has 0 heterocycles. The van der Waals surface area contributed by atoms with Crippen LogP contribution in [-0.4, -0.2) is 6.04 Å². The van der Waals surface area contributed by atoms with E-state index in [0.717, 1.165) is 10.4 Å². The van der Waals surface area contributed by atoms with Crippen molar-refractivity contribution >= 4 is 15.9 Å². The Balaban J connectivity index is 1.52. The molecule has 0 radical (unpaired) electrons. The van der Waals surface area contributed by atoms with E-state index in [2.05, 4.69) is 82.8 Å². The summed E-state index contributed by atoms with van der Waals surface area (Å²) in [6, 6.07) is 20.5. The molecule has 0 spiro atoms. The molecule has 1 nitrogen and oxygen atoms in total. The van der Waals surface area contributed by atoms with E-state index >= 15 is 0 Å². The fourth-order valence-electron chi connectivity index (χ4n) is 2.95. The van der Waals surface area contributed by atoms with Crippen LogP contribution in [-0.2, 0) is 0 Å². The Morgan fingerprint density at radius 3 is 2.30 bits per heavy atom. The molecule has 0 saturated heterocycles. The van der Waals surface area contributed by atoms with Gasteiger partial charge in [0.15, 0.2) is 0 Å². The SMILES string of the molecule is C[C@@H](NC1CC(c2ccc(Br)cc2)C1)c1ccccc1. The third kappa shape index (κ3) is 3.13. The molecule has 1 atom stereocenters. The van der Waals surface area contributed by atoms with Crippen molar-refractivity contribution in [3.63, 3.8) is 0 Å². The normalized spacial score (nSPS) is 23.1. The second-order valence-electron chi connectivity index (χ2n) is 5.72. The number of nitrogens with one attached hydrogen (secondary N) is 1. The molecule has 1 N–H and O–H groups in total. The molecule has 0 unspecified atom stereocenters. The van der Waals surface area contributed by atoms with Gasteiger partial charge in [-0.25, -0.2) is 0 Å². The van der Waals surface area contributed by atoms with E-state index in [1.165, 1.54) is 24.0 Å². The van der Waals surface area contributed by atoms with E-state index in [1.54, 1.807) is 0 Å². The molecule has 1 aliphatic carbocycles. The van der Waals surface area contributed by atoms with Crippen molar-refractivity contribution in [3.8, 4) is 0 Å². The summed E-state index contributed by atoms with van der Waals surface area (Å²) in [5.74, 6) is 0.726. The maximum Gasteiger partial charge on any atom is 0.0294 e. The van der Waals surface area contributed by atoms with E-state index in [1.807, 2.05) is 0 Å². The highest BCUT2D eigenvalue weighted by Gasteiger charge is 2.30. The Bertz CT molecular complexity index is 543. The van der Waals surface area contributed by atoms with Gasteiger partial charge in [0.1, 0.15) is 0 Å². The van der Waals surface area contributed by atoms with Crippen molar-refractivity contribution in [2.75, 3.05) is 0 Å². The van der Waals surface area contributed by atoms with Crippen molar-refractivity contribution in [1.29, 1.82) is 0 Å². The van der Waals surface area contributed by atoms with Crippen LogP contribution in [0.15, 0.2) is 59.1 Å². The van der Waals surface area contributed by atoms with E-state index in [-0.39, 0.29) is 0 Å². The molecule has 2 aromatic carbocycles. The van der Waals surface area contributed by atoms with Gasteiger partial charge < -0.3 is 5.32 Å². The molecule has 1 fully saturated rings. The first-order valence-electron chi connectivity index (χ1n) is 7.29. The molecule has 2 aromatic rings. The Hall–Kier alpha value is -1.12. The molecule has 2 heteroatoms. The average molecular weight is 330 g/mol. The largest absolute Gasteiger partial charge is 0.307 e. The van der Waals surface area contributed by atoms with Crippen molar-refractivity contribution in [3.05, 3.63) is 70.2 Å². The maximum atomic E-state index is 3.73. The summed E-state index contributed by atoms with van der Waals surface area (Å²) in [5, 5.41) is 3.73. The minimum Gasteiger partial charge on any atom is -0.307 e. The predicted molar refractivity (Wildman–Crippen MR) is 87.9 cm³/mol. The summed E-state index contributed by atoms with van der Waals surface area (Å²) in [6.45, 7) is 2.25. The number of hydrogen-bond donors (Lipinski definition) is 1. The lowest BCUT2D eigenvalue weighted by Crippen LogP contribution is -2.41. The zero-order valence-corrected chi connectivity index (χ0v) is 13.3. The molecule has 3 rings (SSSR count). The molecular formula is C18H20BrN. The van der Waals surface area contributed by atoms with Crippen molar-refractivity contribution in [1.82, 2.24) is 5.32 Å². The third-order valence-corrected chi connectivity index (χ3v) is 4.79. The molecule has 1 saturated carbocycles. The molecule has 0 aromatic heterocycles. The Morgan fingerprint density at radius 1 is 1.00 bits per heavy atom. The monoisotopic (exact) mass is 329 g/mol. The van der Waals surface area contributed by atoms with Gasteiger partial charge in [-0.1, -0.05) is 58.4 Å². The number of hydrogen-bond acceptors (Lipinski definition) is 1. The predicted octanol–water partition coefficient (Wildman–Crippen LogP) is 5.05. The number of rotatable bonds is 4. The Labute approximate surface area is 129 Å². The smallest absolute Gasteiger partial charge is 0.0294 e. The first kappa shape index (κ1) is 13.8. The van der Waals surface area contributed by atoms with Crippen molar-refractivity contribution in [2.45, 2.75) is 37.8 Å². The highest BCUT2D eigenvalue weighted by atomic mass is 79.9. The van der Waals surface area contributed by atoms with Crippen LogP contribution in [0.5, 0.6) is 0 Å². The van der Waals surface area contributed by atoms with Gasteiger partial charge in [0.25, 0.3) is 0 Å². The van der Waals surface area contributed by atoms with Gasteiger partial charge in [-0.3, -0.25) is 0 Å². The van der Waals surface area contributed by atoms with Gasteiger partial charge in [-0.2, -0.15) is 0 Å². The van der Waals surface area contributed by atoms with E-state index in [4.69, 9.17) is 0 Å². The second kappa shape index (κ2) is 6.11. The van der Waals surface area contributed by atoms with Crippen molar-refractivity contribution in [2.24, 2.45) is 0 Å². The summed E-state index contributed by atoms with van der Waals surface area (Å²) < 4.78 is 1.16. The maximum absolute atomic E-state index is 3.73. The fourth-order valence-corrected chi connectivity index (χ4v) is 3.22. The summed E-state index contributed by atoms with van der Waals surface area (Å²) in [4.78, 5) is 0. The molecule has 0 bridgehead atoms. The quantitative estimate of drug-likeness (QED) is 0.827. The summed E-state index contributed by atoms with van der Waals surface area (Å²) in [7, 11) is 0. The van der Waals surface area contributed by atoms with Crippen molar-refractivity contribution < 1.29 is 0 Å². The van der Waals surface area contributed by atoms with Gasteiger partial charge in [0.2, 0.25) is 0 Å². The first-order chi connectivity index (χ1) is 9.72. The van der Waals surface area contributed by atoms with Crippen LogP contribution in [0.4, 0.5) is 0 Å². The molecule has 0 aliphatic heterocycles. The lowest BCUT2D eigenvalue weighted by molar-refractivity contribution is 0.271. The Kier molecular flexibility index (Phi) is 4.23. The minimum absolute atomic E-state index is 0.437. The fraction of sp³-hybridized carbons (Fsp3) is 0.333. The van der Waals surface area contributed by atoms with Crippen LogP contribution < -0.4 is 5.32 Å². The summed E-state index contributed by atoms with van der Waals surface area (Å²) in [5.41, 5.74) is 2.85. The highest BCUT2D eigenvalue weighted by Crippen LogP contribution is 2.38. The molecule has 20 heavy (non-hydrogen) atoms. The Morgan fingerprint density at radius 2 is 1.65 bits per heavy atom. The van der Waals surface area contributed by atoms with E-state index in [0.29, 0.717) is 12.1 Å². The second-order valence-corrected chi connectivity index (χ2v) is 6.63. The topological polar surface area (TPSA) is 12.0 Å². The van der Waals surface area contributed by atoms with Gasteiger partial charge in [0.05, 0.1) is 0 Å². The average Bonchev–Trinajstić information content (AvgIpc) is 2.44. The molecule has 1 aliphatic rings. The standard InChI is InChI=1S/C18H20BrN/c1-13(14-5-3-2-4-6-14)20-18-11-16(12-18)15-7-9-17(19)10-8-15/h2-10,13,16,18,20H,11-12H2,1H3/t13-,16?,18?/m1/s1. The van der Waals surface area contributed by atoms with E-state index in [9.17, 15) is 0 Å². The van der Waals surface area contributed by atoms with Gasteiger partial charge in [0, 0.05) is 16.6 Å². The molecular weight excluding hydrogens is 310 g/mol. The van der Waals surface area contributed by atoms with Crippen LogP contribution in [0.25, 0.3) is 0 Å². The van der Waals surface area contributed by atoms with Crippen LogP contribution in [0.2, 0.25) is 0 Å². The zero-order valence-electron chi connectivity index (χ0n) is 11.7. The third-order valence-electron chi connectivity index (χ3n) is 4.26. The molecule has 104 valence electrons. The lowest BCUT2D eigenvalue weighted by Gasteiger charge is -2.38. The number of halogens is 1. The van der Waals surface area contributed by atoms with Gasteiger partial charge in [-0.15, -0.1) is 0 Å². The number of benzene rings is 2. The lowest BCUT2D eigenvalue weighted by atomic mass is 9.75. The minimum atomic E-state index is 0.437. The van der Waals surface area contributed by atoms with Gasteiger partial charge >= 0.3 is 0 Å². The van der Waals surface area contributed by atoms with Crippen LogP contribution >= 0.6 is 15.9 Å².